The molecule has 5 rings (SSSR count). The number of aromatic amines is 2. The smallest absolute Gasteiger partial charge is 0.326 e. The fraction of sp³-hybridized carbons (Fsp3) is 0.278. The molecule has 1 aliphatic rings. The highest BCUT2D eigenvalue weighted by Gasteiger charge is 2.26. The van der Waals surface area contributed by atoms with E-state index in [1.807, 2.05) is 29.0 Å². The van der Waals surface area contributed by atoms with Crippen LogP contribution in [0.2, 0.25) is 0 Å². The summed E-state index contributed by atoms with van der Waals surface area (Å²) < 4.78 is 1.87. The summed E-state index contributed by atoms with van der Waals surface area (Å²) in [5.74, 6) is 0.790. The van der Waals surface area contributed by atoms with Crippen LogP contribution in [0, 0.1) is 0 Å². The number of H-pyrrole nitrogens is 2. The summed E-state index contributed by atoms with van der Waals surface area (Å²) in [5, 5.41) is 0.954. The highest BCUT2D eigenvalue weighted by Crippen LogP contribution is 2.30. The molecule has 1 saturated heterocycles. The standard InChI is InChI=1S/C18H19N7O/c19-13-4-1-6-21-17(13)24-8-2-3-11(10-24)25-15-12-5-7-20-16(12)22-9-14(15)23-18(25)26/h1,4-7,9,11H,2-3,8,10,19H2,(H,20,22)(H,23,26)/t11-/m1/s1. The van der Waals surface area contributed by atoms with Crippen molar-refractivity contribution in [2.24, 2.45) is 0 Å². The molecule has 4 aromatic rings. The molecule has 8 nitrogen and oxygen atoms in total. The Morgan fingerprint density at radius 2 is 2.19 bits per heavy atom. The molecule has 0 saturated carbocycles. The van der Waals surface area contributed by atoms with Gasteiger partial charge in [0.2, 0.25) is 0 Å². The number of imidazole rings is 1. The monoisotopic (exact) mass is 349 g/mol. The molecule has 0 spiro atoms. The zero-order chi connectivity index (χ0) is 17.7. The van der Waals surface area contributed by atoms with Gasteiger partial charge in [-0.2, -0.15) is 0 Å². The van der Waals surface area contributed by atoms with Gasteiger partial charge in [0, 0.05) is 30.9 Å². The summed E-state index contributed by atoms with van der Waals surface area (Å²) in [7, 11) is 0. The van der Waals surface area contributed by atoms with Crippen LogP contribution in [0.3, 0.4) is 0 Å². The van der Waals surface area contributed by atoms with Crippen molar-refractivity contribution in [1.82, 2.24) is 24.5 Å². The molecule has 4 N–H and O–H groups in total. The summed E-state index contributed by atoms with van der Waals surface area (Å²) in [6, 6.07) is 5.71. The van der Waals surface area contributed by atoms with Crippen LogP contribution in [0.5, 0.6) is 0 Å². The molecule has 4 aromatic heterocycles. The van der Waals surface area contributed by atoms with E-state index in [-0.39, 0.29) is 11.7 Å². The first kappa shape index (κ1) is 15.0. The molecule has 0 amide bonds. The van der Waals surface area contributed by atoms with Gasteiger partial charge in [-0.05, 0) is 31.0 Å². The van der Waals surface area contributed by atoms with Gasteiger partial charge in [-0.3, -0.25) is 4.57 Å². The number of hydrogen-bond acceptors (Lipinski definition) is 5. The van der Waals surface area contributed by atoms with Gasteiger partial charge in [-0.15, -0.1) is 0 Å². The predicted octanol–water partition coefficient (Wildman–Crippen LogP) is 2.02. The van der Waals surface area contributed by atoms with E-state index in [1.54, 1.807) is 12.4 Å². The molecule has 0 aliphatic carbocycles. The Labute approximate surface area is 148 Å². The van der Waals surface area contributed by atoms with E-state index >= 15 is 0 Å². The Kier molecular flexibility index (Phi) is 3.24. The predicted molar refractivity (Wildman–Crippen MR) is 101 cm³/mol. The van der Waals surface area contributed by atoms with Crippen LogP contribution < -0.4 is 16.3 Å². The number of pyridine rings is 2. The van der Waals surface area contributed by atoms with E-state index in [2.05, 4.69) is 24.8 Å². The molecule has 0 aromatic carbocycles. The minimum Gasteiger partial charge on any atom is -0.396 e. The molecule has 1 aliphatic heterocycles. The molecule has 26 heavy (non-hydrogen) atoms. The summed E-state index contributed by atoms with van der Waals surface area (Å²) >= 11 is 0. The first-order valence-electron chi connectivity index (χ1n) is 8.74. The molecule has 8 heteroatoms. The third-order valence-corrected chi connectivity index (χ3v) is 5.14. The van der Waals surface area contributed by atoms with E-state index in [4.69, 9.17) is 5.73 Å². The molecule has 0 radical (unpaired) electrons. The highest BCUT2D eigenvalue weighted by atomic mass is 16.1. The Balaban J connectivity index is 1.61. The Morgan fingerprint density at radius 1 is 1.27 bits per heavy atom. The molecular weight excluding hydrogens is 330 g/mol. The lowest BCUT2D eigenvalue weighted by Crippen LogP contribution is -2.40. The van der Waals surface area contributed by atoms with Crippen LogP contribution in [-0.2, 0) is 0 Å². The van der Waals surface area contributed by atoms with Crippen LogP contribution in [0.4, 0.5) is 11.5 Å². The van der Waals surface area contributed by atoms with Crippen molar-refractivity contribution in [1.29, 1.82) is 0 Å². The minimum absolute atomic E-state index is 0.0481. The second-order valence-electron chi connectivity index (χ2n) is 6.72. The molecule has 0 bridgehead atoms. The average Bonchev–Trinajstić information content (AvgIpc) is 3.25. The lowest BCUT2D eigenvalue weighted by Gasteiger charge is -2.34. The van der Waals surface area contributed by atoms with Crippen LogP contribution in [-0.4, -0.2) is 37.6 Å². The maximum Gasteiger partial charge on any atom is 0.326 e. The zero-order valence-corrected chi connectivity index (χ0v) is 14.1. The number of nitrogens with two attached hydrogens (primary N) is 1. The van der Waals surface area contributed by atoms with E-state index in [0.29, 0.717) is 12.2 Å². The topological polar surface area (TPSA) is 109 Å². The Morgan fingerprint density at radius 3 is 3.08 bits per heavy atom. The minimum atomic E-state index is -0.101. The van der Waals surface area contributed by atoms with Crippen molar-refractivity contribution in [2.45, 2.75) is 18.9 Å². The largest absolute Gasteiger partial charge is 0.396 e. The molecule has 0 unspecified atom stereocenters. The van der Waals surface area contributed by atoms with Crippen molar-refractivity contribution < 1.29 is 0 Å². The van der Waals surface area contributed by atoms with Crippen LogP contribution in [0.15, 0.2) is 41.6 Å². The third kappa shape index (κ3) is 2.18. The van der Waals surface area contributed by atoms with Gasteiger partial charge in [-0.1, -0.05) is 0 Å². The highest BCUT2D eigenvalue weighted by molar-refractivity contribution is 6.00. The van der Waals surface area contributed by atoms with Crippen LogP contribution in [0.1, 0.15) is 18.9 Å². The lowest BCUT2D eigenvalue weighted by molar-refractivity contribution is 0.404. The third-order valence-electron chi connectivity index (χ3n) is 5.14. The van der Waals surface area contributed by atoms with Gasteiger partial charge in [0.15, 0.2) is 5.82 Å². The normalized spacial score (nSPS) is 18.0. The molecule has 1 atom stereocenters. The summed E-state index contributed by atoms with van der Waals surface area (Å²) in [6.07, 6.45) is 7.22. The van der Waals surface area contributed by atoms with Crippen molar-refractivity contribution in [3.05, 3.63) is 47.3 Å². The van der Waals surface area contributed by atoms with Gasteiger partial charge in [0.25, 0.3) is 0 Å². The first-order valence-corrected chi connectivity index (χ1v) is 8.74. The van der Waals surface area contributed by atoms with Gasteiger partial charge >= 0.3 is 5.69 Å². The number of fused-ring (bicyclic) bond motifs is 3. The second-order valence-corrected chi connectivity index (χ2v) is 6.72. The van der Waals surface area contributed by atoms with Gasteiger partial charge in [0.05, 0.1) is 29.0 Å². The fourth-order valence-electron chi connectivity index (χ4n) is 4.00. The number of hydrogen-bond donors (Lipinski definition) is 3. The number of anilines is 2. The summed E-state index contributed by atoms with van der Waals surface area (Å²) in [4.78, 5) is 29.8. The maximum absolute atomic E-state index is 12.7. The van der Waals surface area contributed by atoms with E-state index in [9.17, 15) is 4.79 Å². The first-order chi connectivity index (χ1) is 12.7. The van der Waals surface area contributed by atoms with Gasteiger partial charge in [0.1, 0.15) is 5.65 Å². The van der Waals surface area contributed by atoms with Crippen molar-refractivity contribution in [3.8, 4) is 0 Å². The van der Waals surface area contributed by atoms with Crippen molar-refractivity contribution in [2.75, 3.05) is 23.7 Å². The molecular formula is C18H19N7O. The van der Waals surface area contributed by atoms with E-state index < -0.39 is 0 Å². The lowest BCUT2D eigenvalue weighted by atomic mass is 10.0. The van der Waals surface area contributed by atoms with Gasteiger partial charge in [-0.25, -0.2) is 14.8 Å². The summed E-state index contributed by atoms with van der Waals surface area (Å²) in [5.41, 5.74) is 9.12. The SMILES string of the molecule is Nc1cccnc1N1CCC[C@@H](n2c(=O)[nH]c3cnc4[nH]ccc4c32)C1. The van der Waals surface area contributed by atoms with E-state index in [1.165, 1.54) is 0 Å². The van der Waals surface area contributed by atoms with Crippen molar-refractivity contribution >= 4 is 33.6 Å². The summed E-state index contributed by atoms with van der Waals surface area (Å²) in [6.45, 7) is 1.58. The number of aromatic nitrogens is 5. The number of nitrogens with zero attached hydrogens (tertiary/aromatic N) is 4. The Hall–Kier alpha value is -3.29. The fourth-order valence-corrected chi connectivity index (χ4v) is 4.00. The van der Waals surface area contributed by atoms with E-state index in [0.717, 1.165) is 47.3 Å². The maximum atomic E-state index is 12.7. The number of nitrogens with one attached hydrogen (secondary N) is 2. The number of nitrogen functional groups attached to an aromatic ring is 1. The average molecular weight is 349 g/mol. The number of rotatable bonds is 2. The molecule has 132 valence electrons. The molecule has 5 heterocycles. The Bertz CT molecular complexity index is 1160. The second kappa shape index (κ2) is 5.62. The van der Waals surface area contributed by atoms with Gasteiger partial charge < -0.3 is 20.6 Å². The van der Waals surface area contributed by atoms with Crippen molar-refractivity contribution in [3.63, 3.8) is 0 Å². The quantitative estimate of drug-likeness (QED) is 0.513. The van der Waals surface area contributed by atoms with Crippen LogP contribution in [0.25, 0.3) is 22.1 Å². The number of piperidine rings is 1. The van der Waals surface area contributed by atoms with Crippen LogP contribution >= 0.6 is 0 Å². The zero-order valence-electron chi connectivity index (χ0n) is 14.1. The molecule has 1 fully saturated rings.